The van der Waals surface area contributed by atoms with E-state index in [0.29, 0.717) is 18.1 Å². The first-order valence-corrected chi connectivity index (χ1v) is 8.45. The molecule has 1 saturated carbocycles. The van der Waals surface area contributed by atoms with Gasteiger partial charge in [0, 0.05) is 0 Å². The average Bonchev–Trinajstić information content (AvgIpc) is 2.53. The molecule has 1 aromatic carbocycles. The summed E-state index contributed by atoms with van der Waals surface area (Å²) in [7, 11) is 0. The van der Waals surface area contributed by atoms with Crippen molar-refractivity contribution in [2.45, 2.75) is 58.3 Å². The zero-order valence-corrected chi connectivity index (χ0v) is 13.9. The van der Waals surface area contributed by atoms with Crippen LogP contribution in [0.5, 0.6) is 5.75 Å². The zero-order chi connectivity index (χ0) is 16.8. The minimum Gasteiger partial charge on any atom is -0.491 e. The maximum absolute atomic E-state index is 14.3. The Morgan fingerprint density at radius 2 is 1.87 bits per heavy atom. The number of benzene rings is 1. The highest BCUT2D eigenvalue weighted by Crippen LogP contribution is 2.39. The summed E-state index contributed by atoms with van der Waals surface area (Å²) in [5, 5.41) is 0. The molecule has 128 valence electrons. The van der Waals surface area contributed by atoms with Crippen LogP contribution in [-0.2, 0) is 0 Å². The molecule has 0 bridgehead atoms. The molecule has 0 N–H and O–H groups in total. The first kappa shape index (κ1) is 17.9. The fourth-order valence-corrected chi connectivity index (χ4v) is 3.41. The standard InChI is InChI=1S/C19H25F3O/c1-3-23-17-12-11-16(18(21)19(17)22)15-9-7-14(8-10-15)6-4-5-13(2)20/h5,11-12,14-15H,3-4,6-10H2,1-2H3. The molecule has 0 aliphatic heterocycles. The van der Waals surface area contributed by atoms with Gasteiger partial charge in [-0.05, 0) is 75.8 Å². The lowest BCUT2D eigenvalue weighted by Gasteiger charge is -2.29. The fraction of sp³-hybridized carbons (Fsp3) is 0.579. The number of ether oxygens (including phenoxy) is 1. The Hall–Kier alpha value is -1.45. The normalized spacial score (nSPS) is 22.2. The molecule has 0 aromatic heterocycles. The van der Waals surface area contributed by atoms with Crippen molar-refractivity contribution < 1.29 is 17.9 Å². The second kappa shape index (κ2) is 8.42. The van der Waals surface area contributed by atoms with E-state index in [-0.39, 0.29) is 17.5 Å². The summed E-state index contributed by atoms with van der Waals surface area (Å²) in [6.07, 6.45) is 7.02. The van der Waals surface area contributed by atoms with Gasteiger partial charge in [-0.25, -0.2) is 8.78 Å². The van der Waals surface area contributed by atoms with Crippen LogP contribution in [0.1, 0.15) is 63.9 Å². The molecule has 23 heavy (non-hydrogen) atoms. The molecule has 2 rings (SSSR count). The van der Waals surface area contributed by atoms with Gasteiger partial charge in [0.1, 0.15) is 0 Å². The lowest BCUT2D eigenvalue weighted by atomic mass is 9.77. The quantitative estimate of drug-likeness (QED) is 0.597. The van der Waals surface area contributed by atoms with Gasteiger partial charge in [-0.2, -0.15) is 4.39 Å². The van der Waals surface area contributed by atoms with Crippen LogP contribution in [0.3, 0.4) is 0 Å². The Labute approximate surface area is 136 Å². The van der Waals surface area contributed by atoms with Crippen molar-refractivity contribution in [2.24, 2.45) is 5.92 Å². The first-order valence-electron chi connectivity index (χ1n) is 8.45. The van der Waals surface area contributed by atoms with Gasteiger partial charge in [-0.15, -0.1) is 0 Å². The van der Waals surface area contributed by atoms with Crippen molar-refractivity contribution in [3.63, 3.8) is 0 Å². The maximum Gasteiger partial charge on any atom is 0.200 e. The van der Waals surface area contributed by atoms with Crippen LogP contribution in [0.25, 0.3) is 0 Å². The number of rotatable bonds is 6. The second-order valence-corrected chi connectivity index (χ2v) is 6.30. The molecule has 1 aromatic rings. The minimum absolute atomic E-state index is 0.0178. The van der Waals surface area contributed by atoms with Crippen molar-refractivity contribution in [3.8, 4) is 5.75 Å². The van der Waals surface area contributed by atoms with Crippen molar-refractivity contribution in [1.29, 1.82) is 0 Å². The van der Waals surface area contributed by atoms with E-state index in [4.69, 9.17) is 4.74 Å². The van der Waals surface area contributed by atoms with E-state index in [1.165, 1.54) is 13.0 Å². The molecule has 1 nitrogen and oxygen atoms in total. The summed E-state index contributed by atoms with van der Waals surface area (Å²) in [5.74, 6) is -1.18. The molecule has 1 aliphatic rings. The van der Waals surface area contributed by atoms with E-state index < -0.39 is 11.6 Å². The molecule has 0 spiro atoms. The van der Waals surface area contributed by atoms with Crippen molar-refractivity contribution in [2.75, 3.05) is 6.61 Å². The molecular formula is C19H25F3O. The van der Waals surface area contributed by atoms with Gasteiger partial charge in [-0.1, -0.05) is 12.1 Å². The average molecular weight is 326 g/mol. The molecule has 0 radical (unpaired) electrons. The van der Waals surface area contributed by atoms with Crippen LogP contribution in [0.4, 0.5) is 13.2 Å². The monoisotopic (exact) mass is 326 g/mol. The van der Waals surface area contributed by atoms with Crippen LogP contribution < -0.4 is 4.74 Å². The Bertz CT molecular complexity index is 542. The minimum atomic E-state index is -0.880. The molecule has 0 heterocycles. The number of allylic oxidation sites excluding steroid dienone is 2. The highest BCUT2D eigenvalue weighted by Gasteiger charge is 2.26. The Morgan fingerprint density at radius 3 is 2.48 bits per heavy atom. The highest BCUT2D eigenvalue weighted by atomic mass is 19.2. The van der Waals surface area contributed by atoms with Crippen molar-refractivity contribution >= 4 is 0 Å². The molecule has 4 heteroatoms. The van der Waals surface area contributed by atoms with E-state index in [9.17, 15) is 13.2 Å². The van der Waals surface area contributed by atoms with E-state index in [1.54, 1.807) is 19.1 Å². The number of halogens is 3. The third-order valence-corrected chi connectivity index (χ3v) is 4.66. The number of hydrogen-bond acceptors (Lipinski definition) is 1. The van der Waals surface area contributed by atoms with Gasteiger partial charge >= 0.3 is 0 Å². The van der Waals surface area contributed by atoms with Crippen LogP contribution in [-0.4, -0.2) is 6.61 Å². The van der Waals surface area contributed by atoms with Crippen molar-refractivity contribution in [1.82, 2.24) is 0 Å². The molecule has 0 atom stereocenters. The van der Waals surface area contributed by atoms with E-state index in [2.05, 4.69) is 0 Å². The molecular weight excluding hydrogens is 301 g/mol. The lowest BCUT2D eigenvalue weighted by Crippen LogP contribution is -2.15. The van der Waals surface area contributed by atoms with E-state index in [0.717, 1.165) is 38.5 Å². The molecule has 0 unspecified atom stereocenters. The Balaban J connectivity index is 1.95. The van der Waals surface area contributed by atoms with Gasteiger partial charge in [0.2, 0.25) is 5.82 Å². The molecule has 1 fully saturated rings. The summed E-state index contributed by atoms with van der Waals surface area (Å²) < 4.78 is 46.0. The van der Waals surface area contributed by atoms with E-state index in [1.807, 2.05) is 0 Å². The van der Waals surface area contributed by atoms with Crippen LogP contribution in [0.15, 0.2) is 24.0 Å². The zero-order valence-electron chi connectivity index (χ0n) is 13.9. The summed E-state index contributed by atoms with van der Waals surface area (Å²) >= 11 is 0. The van der Waals surface area contributed by atoms with E-state index >= 15 is 0 Å². The predicted octanol–water partition coefficient (Wildman–Crippen LogP) is 6.29. The summed E-state index contributed by atoms with van der Waals surface area (Å²) in [4.78, 5) is 0. The number of hydrogen-bond donors (Lipinski definition) is 0. The van der Waals surface area contributed by atoms with Gasteiger partial charge in [-0.3, -0.25) is 0 Å². The van der Waals surface area contributed by atoms with Gasteiger partial charge in [0.25, 0.3) is 0 Å². The SMILES string of the molecule is CCOc1ccc(C2CCC(CCC=C(C)F)CC2)c(F)c1F. The smallest absolute Gasteiger partial charge is 0.200 e. The van der Waals surface area contributed by atoms with Crippen LogP contribution in [0.2, 0.25) is 0 Å². The molecule has 0 amide bonds. The van der Waals surface area contributed by atoms with Crippen LogP contribution in [0, 0.1) is 17.6 Å². The lowest BCUT2D eigenvalue weighted by molar-refractivity contribution is 0.297. The topological polar surface area (TPSA) is 9.23 Å². The molecule has 0 saturated heterocycles. The summed E-state index contributed by atoms with van der Waals surface area (Å²) in [5.41, 5.74) is 0.462. The highest BCUT2D eigenvalue weighted by molar-refractivity contribution is 5.33. The first-order chi connectivity index (χ1) is 11.0. The fourth-order valence-electron chi connectivity index (χ4n) is 3.41. The third kappa shape index (κ3) is 4.76. The third-order valence-electron chi connectivity index (χ3n) is 4.66. The maximum atomic E-state index is 14.3. The van der Waals surface area contributed by atoms with Crippen LogP contribution >= 0.6 is 0 Å². The Kier molecular flexibility index (Phi) is 6.55. The summed E-state index contributed by atoms with van der Waals surface area (Å²) in [6, 6.07) is 3.18. The summed E-state index contributed by atoms with van der Waals surface area (Å²) in [6.45, 7) is 3.51. The van der Waals surface area contributed by atoms with Crippen molar-refractivity contribution in [3.05, 3.63) is 41.2 Å². The molecule has 1 aliphatic carbocycles. The van der Waals surface area contributed by atoms with Gasteiger partial charge in [0.05, 0.1) is 12.4 Å². The predicted molar refractivity (Wildman–Crippen MR) is 86.3 cm³/mol. The second-order valence-electron chi connectivity index (χ2n) is 6.30. The van der Waals surface area contributed by atoms with Gasteiger partial charge in [0.15, 0.2) is 11.6 Å². The van der Waals surface area contributed by atoms with Gasteiger partial charge < -0.3 is 4.74 Å². The largest absolute Gasteiger partial charge is 0.491 e. The Morgan fingerprint density at radius 1 is 1.17 bits per heavy atom.